The number of carbonyl (C=O) groups excluding carboxylic acids is 1. The van der Waals surface area contributed by atoms with E-state index in [9.17, 15) is 4.79 Å². The molecule has 0 aromatic carbocycles. The minimum atomic E-state index is -0.179. The zero-order valence-corrected chi connectivity index (χ0v) is 17.4. The summed E-state index contributed by atoms with van der Waals surface area (Å²) < 4.78 is 9.81. The number of imidazole rings is 1. The van der Waals surface area contributed by atoms with Gasteiger partial charge < -0.3 is 19.5 Å². The van der Waals surface area contributed by atoms with Gasteiger partial charge in [-0.3, -0.25) is 9.48 Å². The molecule has 0 spiro atoms. The molecule has 10 nitrogen and oxygen atoms in total. The molecule has 3 aromatic heterocycles. The topological polar surface area (TPSA) is 103 Å². The number of nitrogens with one attached hydrogen (secondary N) is 1. The number of hydrogen-bond donors (Lipinski definition) is 1. The second kappa shape index (κ2) is 8.13. The van der Waals surface area contributed by atoms with Gasteiger partial charge in [0.05, 0.1) is 24.8 Å². The van der Waals surface area contributed by atoms with E-state index in [1.807, 2.05) is 17.8 Å². The number of fused-ring (bicyclic) bond motifs is 1. The van der Waals surface area contributed by atoms with Crippen molar-refractivity contribution in [2.75, 3.05) is 18.4 Å². The summed E-state index contributed by atoms with van der Waals surface area (Å²) in [6, 6.07) is 0.438. The van der Waals surface area contributed by atoms with Crippen LogP contribution in [0.5, 0.6) is 6.01 Å². The van der Waals surface area contributed by atoms with Gasteiger partial charge in [-0.05, 0) is 32.8 Å². The summed E-state index contributed by atoms with van der Waals surface area (Å²) in [6.45, 7) is 8.90. The number of aryl methyl sites for hydroxylation is 1. The fraction of sp³-hybridized carbons (Fsp3) is 0.450. The molecule has 1 aliphatic heterocycles. The van der Waals surface area contributed by atoms with E-state index in [4.69, 9.17) is 4.74 Å². The molecular weight excluding hydrogens is 384 g/mol. The molecule has 30 heavy (non-hydrogen) atoms. The third-order valence-electron chi connectivity index (χ3n) is 5.06. The summed E-state index contributed by atoms with van der Waals surface area (Å²) in [5.41, 5.74) is 2.14. The molecule has 10 heteroatoms. The molecule has 1 amide bonds. The zero-order chi connectivity index (χ0) is 21.3. The van der Waals surface area contributed by atoms with Crippen LogP contribution in [0.2, 0.25) is 0 Å². The zero-order valence-electron chi connectivity index (χ0n) is 17.4. The van der Waals surface area contributed by atoms with Gasteiger partial charge in [0.2, 0.25) is 5.91 Å². The summed E-state index contributed by atoms with van der Waals surface area (Å²) >= 11 is 0. The van der Waals surface area contributed by atoms with Crippen molar-refractivity contribution in [1.29, 1.82) is 0 Å². The third-order valence-corrected chi connectivity index (χ3v) is 5.06. The second-order valence-corrected chi connectivity index (χ2v) is 7.67. The molecule has 3 aromatic rings. The Kier molecular flexibility index (Phi) is 5.39. The monoisotopic (exact) mass is 410 g/mol. The molecule has 1 saturated heterocycles. The summed E-state index contributed by atoms with van der Waals surface area (Å²) in [4.78, 5) is 27.4. The fourth-order valence-corrected chi connectivity index (χ4v) is 3.55. The number of rotatable bonds is 6. The van der Waals surface area contributed by atoms with Crippen LogP contribution in [0.3, 0.4) is 0 Å². The van der Waals surface area contributed by atoms with Gasteiger partial charge in [-0.2, -0.15) is 15.1 Å². The van der Waals surface area contributed by atoms with Crippen molar-refractivity contribution in [3.63, 3.8) is 0 Å². The molecule has 0 saturated carbocycles. The highest BCUT2D eigenvalue weighted by Crippen LogP contribution is 2.27. The highest BCUT2D eigenvalue weighted by molar-refractivity contribution is 5.87. The van der Waals surface area contributed by atoms with E-state index in [1.54, 1.807) is 22.1 Å². The number of ether oxygens (including phenoxy) is 1. The van der Waals surface area contributed by atoms with Gasteiger partial charge in [0.25, 0.3) is 0 Å². The Morgan fingerprint density at radius 2 is 2.23 bits per heavy atom. The normalized spacial score (nSPS) is 16.8. The number of likely N-dealkylation sites (tertiary alicyclic amines) is 1. The first-order valence-electron chi connectivity index (χ1n) is 10.0. The van der Waals surface area contributed by atoms with Crippen LogP contribution in [0.25, 0.3) is 11.2 Å². The molecule has 0 aliphatic carbocycles. The van der Waals surface area contributed by atoms with Gasteiger partial charge in [-0.1, -0.05) is 6.58 Å². The van der Waals surface area contributed by atoms with Crippen LogP contribution in [0.15, 0.2) is 31.4 Å². The molecule has 158 valence electrons. The summed E-state index contributed by atoms with van der Waals surface area (Å²) in [5, 5.41) is 7.45. The summed E-state index contributed by atoms with van der Waals surface area (Å²) in [6.07, 6.45) is 8.17. The molecule has 4 rings (SSSR count). The van der Waals surface area contributed by atoms with Gasteiger partial charge in [0.1, 0.15) is 6.10 Å². The van der Waals surface area contributed by atoms with Crippen LogP contribution in [0.4, 0.5) is 11.5 Å². The lowest BCUT2D eigenvalue weighted by atomic mass is 10.1. The average molecular weight is 410 g/mol. The third kappa shape index (κ3) is 3.98. The molecule has 1 atom stereocenters. The van der Waals surface area contributed by atoms with E-state index in [0.717, 1.165) is 18.5 Å². The number of aromatic nitrogens is 6. The van der Waals surface area contributed by atoms with E-state index >= 15 is 0 Å². The van der Waals surface area contributed by atoms with Crippen LogP contribution in [0.1, 0.15) is 32.7 Å². The minimum absolute atomic E-state index is 0.0866. The van der Waals surface area contributed by atoms with Crippen LogP contribution >= 0.6 is 0 Å². The van der Waals surface area contributed by atoms with Crippen molar-refractivity contribution in [1.82, 2.24) is 34.2 Å². The van der Waals surface area contributed by atoms with E-state index in [0.29, 0.717) is 30.1 Å². The van der Waals surface area contributed by atoms with Gasteiger partial charge in [-0.15, -0.1) is 0 Å². The SMILES string of the molecule is C=CC(=O)N1CCCC(Oc2nc(Nc3cnn(C)c3)c3ncn(C(C)C)c3n2)C1. The van der Waals surface area contributed by atoms with E-state index in [2.05, 4.69) is 45.8 Å². The van der Waals surface area contributed by atoms with Crippen molar-refractivity contribution in [2.24, 2.45) is 7.05 Å². The van der Waals surface area contributed by atoms with Gasteiger partial charge in [0.15, 0.2) is 17.0 Å². The minimum Gasteiger partial charge on any atom is -0.458 e. The van der Waals surface area contributed by atoms with Crippen molar-refractivity contribution >= 4 is 28.6 Å². The van der Waals surface area contributed by atoms with Gasteiger partial charge >= 0.3 is 6.01 Å². The van der Waals surface area contributed by atoms with Crippen molar-refractivity contribution in [3.05, 3.63) is 31.4 Å². The standard InChI is InChI=1S/C20H26N8O2/c1-5-16(29)27-8-6-7-15(11-27)30-20-24-18(23-14-9-22-26(4)10-14)17-19(25-20)28(12-21-17)13(2)3/h5,9-10,12-13,15H,1,6-8,11H2,2-4H3,(H,23,24,25). The smallest absolute Gasteiger partial charge is 0.320 e. The number of nitrogens with zero attached hydrogens (tertiary/aromatic N) is 7. The quantitative estimate of drug-likeness (QED) is 0.623. The molecule has 0 bridgehead atoms. The molecule has 1 aliphatic rings. The number of carbonyl (C=O) groups is 1. The average Bonchev–Trinajstić information content (AvgIpc) is 3.33. The molecule has 1 unspecified atom stereocenters. The predicted molar refractivity (Wildman–Crippen MR) is 113 cm³/mol. The molecule has 1 N–H and O–H groups in total. The van der Waals surface area contributed by atoms with E-state index < -0.39 is 0 Å². The van der Waals surface area contributed by atoms with Crippen molar-refractivity contribution < 1.29 is 9.53 Å². The van der Waals surface area contributed by atoms with Crippen LogP contribution in [-0.2, 0) is 11.8 Å². The molecule has 1 fully saturated rings. The fourth-order valence-electron chi connectivity index (χ4n) is 3.55. The maximum absolute atomic E-state index is 12.0. The lowest BCUT2D eigenvalue weighted by molar-refractivity contribution is -0.128. The van der Waals surface area contributed by atoms with Gasteiger partial charge in [-0.25, -0.2) is 4.98 Å². The Hall–Kier alpha value is -3.43. The lowest BCUT2D eigenvalue weighted by Gasteiger charge is -2.31. The largest absolute Gasteiger partial charge is 0.458 e. The Morgan fingerprint density at radius 3 is 2.93 bits per heavy atom. The van der Waals surface area contributed by atoms with Crippen LogP contribution in [-0.4, -0.2) is 59.3 Å². The number of anilines is 2. The van der Waals surface area contributed by atoms with E-state index in [1.165, 1.54) is 6.08 Å². The predicted octanol–water partition coefficient (Wildman–Crippen LogP) is 2.44. The van der Waals surface area contributed by atoms with Gasteiger partial charge in [0, 0.05) is 25.8 Å². The summed E-state index contributed by atoms with van der Waals surface area (Å²) in [7, 11) is 1.85. The number of amides is 1. The Labute approximate surface area is 174 Å². The highest BCUT2D eigenvalue weighted by atomic mass is 16.5. The summed E-state index contributed by atoms with van der Waals surface area (Å²) in [5.74, 6) is 0.466. The first kappa shape index (κ1) is 19.9. The van der Waals surface area contributed by atoms with Crippen molar-refractivity contribution in [3.8, 4) is 6.01 Å². The first-order chi connectivity index (χ1) is 14.4. The van der Waals surface area contributed by atoms with Crippen LogP contribution in [0, 0.1) is 0 Å². The van der Waals surface area contributed by atoms with Crippen LogP contribution < -0.4 is 10.1 Å². The lowest BCUT2D eigenvalue weighted by Crippen LogP contribution is -2.43. The maximum atomic E-state index is 12.0. The van der Waals surface area contributed by atoms with Crippen molar-refractivity contribution in [2.45, 2.75) is 38.8 Å². The number of hydrogen-bond acceptors (Lipinski definition) is 7. The Morgan fingerprint density at radius 1 is 1.40 bits per heavy atom. The van der Waals surface area contributed by atoms with E-state index in [-0.39, 0.29) is 24.1 Å². The second-order valence-electron chi connectivity index (χ2n) is 7.67. The maximum Gasteiger partial charge on any atom is 0.320 e. The first-order valence-corrected chi connectivity index (χ1v) is 10.0. The molecule has 0 radical (unpaired) electrons. The highest BCUT2D eigenvalue weighted by Gasteiger charge is 2.25. The molecular formula is C20H26N8O2. The Bertz CT molecular complexity index is 1070. The Balaban J connectivity index is 1.66. The molecule has 4 heterocycles. The number of piperidine rings is 1.